The number of nitrogens with zero attached hydrogens (tertiary/aromatic N) is 1. The molecule has 0 spiro atoms. The molecule has 0 amide bonds. The fraction of sp³-hybridized carbons (Fsp3) is 0.909. The SMILES string of the molecule is CNC(C)(C#N)CC(C)OCCCOC. The van der Waals surface area contributed by atoms with E-state index in [4.69, 9.17) is 14.7 Å². The van der Waals surface area contributed by atoms with Gasteiger partial charge in [-0.25, -0.2) is 0 Å². The first kappa shape index (κ1) is 14.4. The minimum atomic E-state index is -0.499. The zero-order valence-electron chi connectivity index (χ0n) is 10.2. The van der Waals surface area contributed by atoms with Crippen molar-refractivity contribution in [2.45, 2.75) is 38.3 Å². The highest BCUT2D eigenvalue weighted by atomic mass is 16.5. The largest absolute Gasteiger partial charge is 0.385 e. The molecule has 0 aliphatic carbocycles. The van der Waals surface area contributed by atoms with Crippen LogP contribution < -0.4 is 5.32 Å². The maximum atomic E-state index is 8.96. The summed E-state index contributed by atoms with van der Waals surface area (Å²) in [4.78, 5) is 0. The molecule has 0 heterocycles. The van der Waals surface area contributed by atoms with Gasteiger partial charge < -0.3 is 14.8 Å². The molecule has 0 bridgehead atoms. The van der Waals surface area contributed by atoms with Gasteiger partial charge in [-0.3, -0.25) is 0 Å². The van der Waals surface area contributed by atoms with E-state index in [-0.39, 0.29) is 6.10 Å². The van der Waals surface area contributed by atoms with Gasteiger partial charge in [0, 0.05) is 26.7 Å². The first-order valence-electron chi connectivity index (χ1n) is 5.28. The molecule has 0 aromatic carbocycles. The molecule has 0 fully saturated rings. The topological polar surface area (TPSA) is 54.3 Å². The number of methoxy groups -OCH3 is 1. The molecule has 4 heteroatoms. The number of nitriles is 1. The Kier molecular flexibility index (Phi) is 7.31. The van der Waals surface area contributed by atoms with Gasteiger partial charge in [-0.15, -0.1) is 0 Å². The third kappa shape index (κ3) is 6.45. The van der Waals surface area contributed by atoms with Crippen molar-refractivity contribution >= 4 is 0 Å². The summed E-state index contributed by atoms with van der Waals surface area (Å²) >= 11 is 0. The molecule has 0 saturated heterocycles. The predicted octanol–water partition coefficient (Wildman–Crippen LogP) is 1.32. The summed E-state index contributed by atoms with van der Waals surface area (Å²) in [7, 11) is 3.47. The number of nitrogens with one attached hydrogen (secondary N) is 1. The molecule has 2 unspecified atom stereocenters. The lowest BCUT2D eigenvalue weighted by atomic mass is 9.97. The van der Waals surface area contributed by atoms with Gasteiger partial charge >= 0.3 is 0 Å². The highest BCUT2D eigenvalue weighted by Gasteiger charge is 2.24. The van der Waals surface area contributed by atoms with Crippen LogP contribution in [0, 0.1) is 11.3 Å². The predicted molar refractivity (Wildman–Crippen MR) is 59.6 cm³/mol. The first-order valence-corrected chi connectivity index (χ1v) is 5.28. The average Bonchev–Trinajstić information content (AvgIpc) is 2.24. The summed E-state index contributed by atoms with van der Waals surface area (Å²) in [5.41, 5.74) is -0.499. The summed E-state index contributed by atoms with van der Waals surface area (Å²) < 4.78 is 10.5. The number of rotatable bonds is 8. The Labute approximate surface area is 92.6 Å². The molecule has 4 nitrogen and oxygen atoms in total. The van der Waals surface area contributed by atoms with Crippen molar-refractivity contribution in [2.75, 3.05) is 27.4 Å². The van der Waals surface area contributed by atoms with E-state index in [1.165, 1.54) is 0 Å². The summed E-state index contributed by atoms with van der Waals surface area (Å²) in [5, 5.41) is 12.0. The molecule has 0 aromatic rings. The molecule has 88 valence electrons. The number of hydrogen-bond acceptors (Lipinski definition) is 4. The molecule has 0 radical (unpaired) electrons. The maximum Gasteiger partial charge on any atom is 0.106 e. The van der Waals surface area contributed by atoms with Crippen molar-refractivity contribution < 1.29 is 9.47 Å². The van der Waals surface area contributed by atoms with Gasteiger partial charge in [-0.1, -0.05) is 0 Å². The van der Waals surface area contributed by atoms with Gasteiger partial charge in [0.1, 0.15) is 5.54 Å². The van der Waals surface area contributed by atoms with Crippen LogP contribution in [0.4, 0.5) is 0 Å². The summed E-state index contributed by atoms with van der Waals surface area (Å²) in [5.74, 6) is 0. The second-order valence-electron chi connectivity index (χ2n) is 3.93. The maximum absolute atomic E-state index is 8.96. The highest BCUT2D eigenvalue weighted by molar-refractivity contribution is 5.03. The molecule has 0 aliphatic heterocycles. The Morgan fingerprint density at radius 2 is 2.13 bits per heavy atom. The van der Waals surface area contributed by atoms with Crippen LogP contribution >= 0.6 is 0 Å². The van der Waals surface area contributed by atoms with E-state index in [0.29, 0.717) is 19.6 Å². The average molecular weight is 214 g/mol. The number of ether oxygens (including phenoxy) is 2. The van der Waals surface area contributed by atoms with E-state index in [1.54, 1.807) is 14.2 Å². The lowest BCUT2D eigenvalue weighted by Crippen LogP contribution is -2.41. The van der Waals surface area contributed by atoms with Crippen LogP contribution in [0.2, 0.25) is 0 Å². The van der Waals surface area contributed by atoms with E-state index < -0.39 is 5.54 Å². The molecule has 1 N–H and O–H groups in total. The van der Waals surface area contributed by atoms with Crippen LogP contribution in [0.3, 0.4) is 0 Å². The first-order chi connectivity index (χ1) is 7.08. The third-order valence-electron chi connectivity index (χ3n) is 2.39. The van der Waals surface area contributed by atoms with Crippen molar-refractivity contribution in [3.05, 3.63) is 0 Å². The van der Waals surface area contributed by atoms with Gasteiger partial charge in [-0.05, 0) is 27.3 Å². The van der Waals surface area contributed by atoms with Crippen LogP contribution in [0.25, 0.3) is 0 Å². The molecular formula is C11H22N2O2. The van der Waals surface area contributed by atoms with Crippen molar-refractivity contribution in [1.29, 1.82) is 5.26 Å². The molecule has 0 aliphatic rings. The fourth-order valence-corrected chi connectivity index (χ4v) is 1.33. The van der Waals surface area contributed by atoms with Crippen molar-refractivity contribution in [3.63, 3.8) is 0 Å². The van der Waals surface area contributed by atoms with Crippen LogP contribution in [0.5, 0.6) is 0 Å². The van der Waals surface area contributed by atoms with E-state index in [0.717, 1.165) is 6.42 Å². The lowest BCUT2D eigenvalue weighted by molar-refractivity contribution is 0.0359. The van der Waals surface area contributed by atoms with Gasteiger partial charge in [0.15, 0.2) is 0 Å². The normalized spacial score (nSPS) is 16.7. The molecule has 2 atom stereocenters. The zero-order chi connectivity index (χ0) is 11.7. The second-order valence-corrected chi connectivity index (χ2v) is 3.93. The lowest BCUT2D eigenvalue weighted by Gasteiger charge is -2.24. The number of hydrogen-bond donors (Lipinski definition) is 1. The summed E-state index contributed by atoms with van der Waals surface area (Å²) in [6, 6.07) is 2.24. The Hall–Kier alpha value is -0.630. The van der Waals surface area contributed by atoms with E-state index in [9.17, 15) is 0 Å². The van der Waals surface area contributed by atoms with Crippen molar-refractivity contribution in [3.8, 4) is 6.07 Å². The Bertz CT molecular complexity index is 203. The Balaban J connectivity index is 3.73. The monoisotopic (exact) mass is 214 g/mol. The third-order valence-corrected chi connectivity index (χ3v) is 2.39. The van der Waals surface area contributed by atoms with Crippen LogP contribution in [-0.4, -0.2) is 39.0 Å². The zero-order valence-corrected chi connectivity index (χ0v) is 10.2. The van der Waals surface area contributed by atoms with E-state index in [1.807, 2.05) is 13.8 Å². The second kappa shape index (κ2) is 7.63. The minimum absolute atomic E-state index is 0.0824. The summed E-state index contributed by atoms with van der Waals surface area (Å²) in [6.07, 6.45) is 1.66. The minimum Gasteiger partial charge on any atom is -0.385 e. The van der Waals surface area contributed by atoms with Crippen molar-refractivity contribution in [2.24, 2.45) is 0 Å². The van der Waals surface area contributed by atoms with Crippen molar-refractivity contribution in [1.82, 2.24) is 5.32 Å². The van der Waals surface area contributed by atoms with Crippen LogP contribution in [0.15, 0.2) is 0 Å². The molecule has 0 aromatic heterocycles. The van der Waals surface area contributed by atoms with Gasteiger partial charge in [0.05, 0.1) is 12.2 Å². The van der Waals surface area contributed by atoms with Gasteiger partial charge in [0.25, 0.3) is 0 Å². The molecule has 0 rings (SSSR count). The van der Waals surface area contributed by atoms with Crippen LogP contribution in [0.1, 0.15) is 26.7 Å². The highest BCUT2D eigenvalue weighted by Crippen LogP contribution is 2.12. The van der Waals surface area contributed by atoms with Crippen LogP contribution in [-0.2, 0) is 9.47 Å². The van der Waals surface area contributed by atoms with E-state index in [2.05, 4.69) is 11.4 Å². The molecule has 0 saturated carbocycles. The Morgan fingerprint density at radius 1 is 1.47 bits per heavy atom. The summed E-state index contributed by atoms with van der Waals surface area (Å²) in [6.45, 7) is 5.26. The molecular weight excluding hydrogens is 192 g/mol. The molecule has 15 heavy (non-hydrogen) atoms. The standard InChI is InChI=1S/C11H22N2O2/c1-10(15-7-5-6-14-4)8-11(2,9-12)13-3/h10,13H,5-8H2,1-4H3. The smallest absolute Gasteiger partial charge is 0.106 e. The van der Waals surface area contributed by atoms with E-state index >= 15 is 0 Å². The fourth-order valence-electron chi connectivity index (χ4n) is 1.33. The Morgan fingerprint density at radius 3 is 2.60 bits per heavy atom. The van der Waals surface area contributed by atoms with Gasteiger partial charge in [0.2, 0.25) is 0 Å². The quantitative estimate of drug-likeness (QED) is 0.619. The van der Waals surface area contributed by atoms with Gasteiger partial charge in [-0.2, -0.15) is 5.26 Å².